The van der Waals surface area contributed by atoms with Gasteiger partial charge in [0.25, 0.3) is 0 Å². The van der Waals surface area contributed by atoms with E-state index in [4.69, 9.17) is 0 Å². The predicted molar refractivity (Wildman–Crippen MR) is 73.4 cm³/mol. The Morgan fingerprint density at radius 1 is 1.35 bits per heavy atom. The summed E-state index contributed by atoms with van der Waals surface area (Å²) in [5.74, 6) is -1.85. The Bertz CT molecular complexity index is 652. The van der Waals surface area contributed by atoms with Crippen LogP contribution < -0.4 is 4.90 Å². The second kappa shape index (κ2) is 5.24. The maximum absolute atomic E-state index is 12.2. The maximum atomic E-state index is 12.2. The fraction of sp³-hybridized carbons (Fsp3) is 0.385. The van der Waals surface area contributed by atoms with Crippen LogP contribution in [-0.2, 0) is 25.8 Å². The van der Waals surface area contributed by atoms with Crippen LogP contribution in [0.2, 0.25) is 0 Å². The molecular formula is C13H15NO5S. The van der Waals surface area contributed by atoms with Crippen molar-refractivity contribution < 1.29 is 23.1 Å². The van der Waals surface area contributed by atoms with Crippen LogP contribution in [0.4, 0.5) is 5.69 Å². The number of sulfone groups is 1. The molecule has 1 aliphatic rings. The Balaban J connectivity index is 2.26. The Morgan fingerprint density at radius 2 is 2.00 bits per heavy atom. The summed E-state index contributed by atoms with van der Waals surface area (Å²) in [4.78, 5) is 24.6. The summed E-state index contributed by atoms with van der Waals surface area (Å²) in [7, 11) is -3.26. The first-order valence-corrected chi connectivity index (χ1v) is 8.16. The number of hydrogen-bond donors (Lipinski definition) is 1. The van der Waals surface area contributed by atoms with Crippen molar-refractivity contribution in [2.75, 3.05) is 16.9 Å². The normalized spacial score (nSPS) is 17.9. The van der Waals surface area contributed by atoms with E-state index in [1.54, 1.807) is 24.3 Å². The molecule has 108 valence electrons. The molecule has 1 aromatic carbocycles. The van der Waals surface area contributed by atoms with Crippen LogP contribution in [0.25, 0.3) is 0 Å². The topological polar surface area (TPSA) is 91.8 Å². The molecule has 1 N–H and O–H groups in total. The fourth-order valence-corrected chi connectivity index (χ4v) is 2.83. The summed E-state index contributed by atoms with van der Waals surface area (Å²) in [6, 6.07) is 5.99. The Morgan fingerprint density at radius 3 is 2.60 bits per heavy atom. The first-order chi connectivity index (χ1) is 9.29. The van der Waals surface area contributed by atoms with E-state index in [9.17, 15) is 23.1 Å². The van der Waals surface area contributed by atoms with Crippen LogP contribution >= 0.6 is 0 Å². The van der Waals surface area contributed by atoms with Crippen molar-refractivity contribution in [2.45, 2.75) is 18.9 Å². The van der Waals surface area contributed by atoms with Gasteiger partial charge in [-0.05, 0) is 11.6 Å². The minimum atomic E-state index is -3.26. The Labute approximate surface area is 116 Å². The summed E-state index contributed by atoms with van der Waals surface area (Å²) < 4.78 is 22.2. The van der Waals surface area contributed by atoms with Gasteiger partial charge in [0.15, 0.2) is 0 Å². The van der Waals surface area contributed by atoms with Gasteiger partial charge in [-0.2, -0.15) is 0 Å². The number of nitrogens with zero attached hydrogens (tertiary/aromatic N) is 1. The SMILES string of the molecule is CS(=O)(=O)CCC(=O)N1c2ccccc2C[C@H]1C(=O)O. The third kappa shape index (κ3) is 2.98. The number of fused-ring (bicyclic) bond motifs is 1. The van der Waals surface area contributed by atoms with Gasteiger partial charge in [-0.1, -0.05) is 18.2 Å². The standard InChI is InChI=1S/C13H15NO5S/c1-20(18,19)7-6-12(15)14-10-5-3-2-4-9(10)8-11(14)13(16)17/h2-5,11H,6-8H2,1H3,(H,16,17)/t11-/m0/s1. The van der Waals surface area contributed by atoms with E-state index in [1.807, 2.05) is 0 Å². The number of carboxylic acid groups (broad SMARTS) is 1. The lowest BCUT2D eigenvalue weighted by Gasteiger charge is -2.22. The number of carboxylic acids is 1. The third-order valence-electron chi connectivity index (χ3n) is 3.22. The fourth-order valence-electron chi connectivity index (χ4n) is 2.29. The van der Waals surface area contributed by atoms with Gasteiger partial charge in [0.05, 0.1) is 5.75 Å². The smallest absolute Gasteiger partial charge is 0.327 e. The van der Waals surface area contributed by atoms with E-state index in [-0.39, 0.29) is 18.6 Å². The molecule has 0 fully saturated rings. The summed E-state index contributed by atoms with van der Waals surface area (Å²) in [6.07, 6.45) is 1.08. The molecule has 1 heterocycles. The number of anilines is 1. The zero-order chi connectivity index (χ0) is 14.9. The molecule has 0 bridgehead atoms. The number of rotatable bonds is 4. The number of para-hydroxylation sites is 1. The molecule has 1 aromatic rings. The van der Waals surface area contributed by atoms with Crippen molar-refractivity contribution in [2.24, 2.45) is 0 Å². The van der Waals surface area contributed by atoms with Gasteiger partial charge in [-0.15, -0.1) is 0 Å². The molecule has 1 atom stereocenters. The lowest BCUT2D eigenvalue weighted by Crippen LogP contribution is -2.43. The molecule has 0 spiro atoms. The molecule has 0 radical (unpaired) electrons. The second-order valence-electron chi connectivity index (χ2n) is 4.83. The molecule has 0 unspecified atom stereocenters. The first kappa shape index (κ1) is 14.5. The predicted octanol–water partition coefficient (Wildman–Crippen LogP) is 0.464. The number of amides is 1. The maximum Gasteiger partial charge on any atom is 0.327 e. The highest BCUT2D eigenvalue weighted by Crippen LogP contribution is 2.32. The van der Waals surface area contributed by atoms with Crippen molar-refractivity contribution in [1.82, 2.24) is 0 Å². The molecule has 20 heavy (non-hydrogen) atoms. The summed E-state index contributed by atoms with van der Waals surface area (Å²) in [5, 5.41) is 9.22. The average Bonchev–Trinajstić information content (AvgIpc) is 2.74. The molecule has 0 aromatic heterocycles. The Hall–Kier alpha value is -1.89. The van der Waals surface area contributed by atoms with E-state index in [1.165, 1.54) is 4.90 Å². The monoisotopic (exact) mass is 297 g/mol. The quantitative estimate of drug-likeness (QED) is 0.872. The molecule has 0 aliphatic carbocycles. The van der Waals surface area contributed by atoms with Crippen LogP contribution in [0.15, 0.2) is 24.3 Å². The average molecular weight is 297 g/mol. The molecule has 2 rings (SSSR count). The highest BCUT2D eigenvalue weighted by Gasteiger charge is 2.37. The van der Waals surface area contributed by atoms with Crippen molar-refractivity contribution in [3.63, 3.8) is 0 Å². The number of benzene rings is 1. The van der Waals surface area contributed by atoms with Crippen molar-refractivity contribution >= 4 is 27.4 Å². The van der Waals surface area contributed by atoms with Gasteiger partial charge in [0.2, 0.25) is 5.91 Å². The molecular weight excluding hydrogens is 282 g/mol. The van der Waals surface area contributed by atoms with Crippen LogP contribution in [0.3, 0.4) is 0 Å². The minimum Gasteiger partial charge on any atom is -0.480 e. The molecule has 1 amide bonds. The van der Waals surface area contributed by atoms with Crippen LogP contribution in [0.5, 0.6) is 0 Å². The van der Waals surface area contributed by atoms with Gasteiger partial charge in [-0.3, -0.25) is 9.69 Å². The lowest BCUT2D eigenvalue weighted by atomic mass is 10.1. The van der Waals surface area contributed by atoms with Gasteiger partial charge in [-0.25, -0.2) is 13.2 Å². The lowest BCUT2D eigenvalue weighted by molar-refractivity contribution is -0.139. The van der Waals surface area contributed by atoms with E-state index < -0.39 is 27.8 Å². The Kier molecular flexibility index (Phi) is 3.80. The second-order valence-corrected chi connectivity index (χ2v) is 7.09. The number of carbonyl (C=O) groups is 2. The van der Waals surface area contributed by atoms with Crippen LogP contribution in [0, 0.1) is 0 Å². The van der Waals surface area contributed by atoms with Crippen molar-refractivity contribution in [3.8, 4) is 0 Å². The molecule has 1 aliphatic heterocycles. The van der Waals surface area contributed by atoms with E-state index >= 15 is 0 Å². The van der Waals surface area contributed by atoms with Gasteiger partial charge in [0.1, 0.15) is 15.9 Å². The molecule has 0 saturated heterocycles. The first-order valence-electron chi connectivity index (χ1n) is 6.10. The third-order valence-corrected chi connectivity index (χ3v) is 4.16. The number of aliphatic carboxylic acids is 1. The highest BCUT2D eigenvalue weighted by molar-refractivity contribution is 7.90. The minimum absolute atomic E-state index is 0.211. The summed E-state index contributed by atoms with van der Waals surface area (Å²) in [5.41, 5.74) is 1.34. The van der Waals surface area contributed by atoms with E-state index in [2.05, 4.69) is 0 Å². The highest BCUT2D eigenvalue weighted by atomic mass is 32.2. The van der Waals surface area contributed by atoms with Crippen LogP contribution in [-0.4, -0.2) is 43.5 Å². The molecule has 0 saturated carbocycles. The zero-order valence-electron chi connectivity index (χ0n) is 10.9. The van der Waals surface area contributed by atoms with Gasteiger partial charge < -0.3 is 5.11 Å². The summed E-state index contributed by atoms with van der Waals surface area (Å²) >= 11 is 0. The van der Waals surface area contributed by atoms with Crippen molar-refractivity contribution in [1.29, 1.82) is 0 Å². The molecule has 6 nitrogen and oxygen atoms in total. The van der Waals surface area contributed by atoms with E-state index in [0.29, 0.717) is 5.69 Å². The zero-order valence-corrected chi connectivity index (χ0v) is 11.8. The van der Waals surface area contributed by atoms with E-state index in [0.717, 1.165) is 11.8 Å². The number of hydrogen-bond acceptors (Lipinski definition) is 4. The molecule has 7 heteroatoms. The van der Waals surface area contributed by atoms with Crippen LogP contribution in [0.1, 0.15) is 12.0 Å². The number of carbonyl (C=O) groups excluding carboxylic acids is 1. The summed E-state index contributed by atoms with van der Waals surface area (Å²) in [6.45, 7) is 0. The largest absolute Gasteiger partial charge is 0.480 e. The van der Waals surface area contributed by atoms with Crippen molar-refractivity contribution in [3.05, 3.63) is 29.8 Å². The van der Waals surface area contributed by atoms with Gasteiger partial charge >= 0.3 is 5.97 Å². The van der Waals surface area contributed by atoms with Gasteiger partial charge in [0, 0.05) is 24.8 Å².